The Hall–Kier alpha value is -2.96. The van der Waals surface area contributed by atoms with Crippen molar-refractivity contribution >= 4 is 11.9 Å². The highest BCUT2D eigenvalue weighted by Gasteiger charge is 2.11. The maximum Gasteiger partial charge on any atom is 0.339 e. The Bertz CT molecular complexity index is 673. The Morgan fingerprint density at radius 2 is 1.86 bits per heavy atom. The molecule has 0 unspecified atom stereocenters. The molecule has 114 valence electrons. The van der Waals surface area contributed by atoms with E-state index in [1.165, 1.54) is 18.2 Å². The summed E-state index contributed by atoms with van der Waals surface area (Å²) in [6, 6.07) is 8.61. The highest BCUT2D eigenvalue weighted by molar-refractivity contribution is 5.91. The Morgan fingerprint density at radius 3 is 2.55 bits per heavy atom. The van der Waals surface area contributed by atoms with Gasteiger partial charge in [-0.2, -0.15) is 4.73 Å². The van der Waals surface area contributed by atoms with Crippen molar-refractivity contribution in [1.29, 1.82) is 0 Å². The number of nitrogens with one attached hydrogen (secondary N) is 1. The predicted molar refractivity (Wildman–Crippen MR) is 73.9 cm³/mol. The first-order chi connectivity index (χ1) is 10.6. The molecule has 0 spiro atoms. The van der Waals surface area contributed by atoms with Gasteiger partial charge in [0.05, 0.1) is 5.56 Å². The SMILES string of the molecule is O=C(COC(=O)c1cc[n+]([O-])cc1)NCc1ccccc1F. The summed E-state index contributed by atoms with van der Waals surface area (Å²) in [6.07, 6.45) is 2.30. The molecule has 0 fully saturated rings. The van der Waals surface area contributed by atoms with Gasteiger partial charge in [0.2, 0.25) is 0 Å². The Labute approximate surface area is 125 Å². The first kappa shape index (κ1) is 15.4. The largest absolute Gasteiger partial charge is 0.619 e. The van der Waals surface area contributed by atoms with Crippen molar-refractivity contribution in [2.24, 2.45) is 0 Å². The van der Waals surface area contributed by atoms with Crippen molar-refractivity contribution < 1.29 is 23.4 Å². The molecule has 6 nitrogen and oxygen atoms in total. The fourth-order valence-corrected chi connectivity index (χ4v) is 1.65. The minimum Gasteiger partial charge on any atom is -0.619 e. The maximum absolute atomic E-state index is 13.3. The molecular formula is C15H13FN2O4. The van der Waals surface area contributed by atoms with E-state index in [4.69, 9.17) is 4.74 Å². The summed E-state index contributed by atoms with van der Waals surface area (Å²) in [5, 5.41) is 13.3. The second-order valence-corrected chi connectivity index (χ2v) is 4.39. The van der Waals surface area contributed by atoms with Crippen LogP contribution in [0.2, 0.25) is 0 Å². The van der Waals surface area contributed by atoms with Crippen LogP contribution in [0.1, 0.15) is 15.9 Å². The summed E-state index contributed by atoms with van der Waals surface area (Å²) in [5.41, 5.74) is 0.499. The number of rotatable bonds is 5. The molecule has 1 heterocycles. The lowest BCUT2D eigenvalue weighted by Crippen LogP contribution is -2.29. The van der Waals surface area contributed by atoms with Crippen LogP contribution in [0.25, 0.3) is 0 Å². The van der Waals surface area contributed by atoms with Crippen LogP contribution in [0.4, 0.5) is 4.39 Å². The van der Waals surface area contributed by atoms with Gasteiger partial charge in [0.25, 0.3) is 5.91 Å². The average Bonchev–Trinajstić information content (AvgIpc) is 2.52. The Kier molecular flexibility index (Phi) is 5.02. The smallest absolute Gasteiger partial charge is 0.339 e. The number of amides is 1. The number of benzene rings is 1. The molecule has 1 aromatic carbocycles. The lowest BCUT2D eigenvalue weighted by molar-refractivity contribution is -0.605. The normalized spacial score (nSPS) is 10.0. The van der Waals surface area contributed by atoms with Crippen molar-refractivity contribution in [3.8, 4) is 0 Å². The van der Waals surface area contributed by atoms with Crippen molar-refractivity contribution in [3.63, 3.8) is 0 Å². The molecule has 1 amide bonds. The van der Waals surface area contributed by atoms with Crippen molar-refractivity contribution in [3.05, 3.63) is 70.9 Å². The van der Waals surface area contributed by atoms with Gasteiger partial charge in [-0.1, -0.05) is 18.2 Å². The summed E-state index contributed by atoms with van der Waals surface area (Å²) in [6.45, 7) is -0.482. The van der Waals surface area contributed by atoms with Gasteiger partial charge in [-0.3, -0.25) is 4.79 Å². The van der Waals surface area contributed by atoms with E-state index in [0.717, 1.165) is 12.4 Å². The standard InChI is InChI=1S/C15H13FN2O4/c16-13-4-2-1-3-12(13)9-17-14(19)10-22-15(20)11-5-7-18(21)8-6-11/h1-8H,9-10H2,(H,17,19). The van der Waals surface area contributed by atoms with Gasteiger partial charge in [0.1, 0.15) is 5.82 Å². The fourth-order valence-electron chi connectivity index (χ4n) is 1.65. The number of pyridine rings is 1. The van der Waals surface area contributed by atoms with Gasteiger partial charge in [-0.25, -0.2) is 9.18 Å². The molecule has 7 heteroatoms. The fraction of sp³-hybridized carbons (Fsp3) is 0.133. The summed E-state index contributed by atoms with van der Waals surface area (Å²) in [5.74, 6) is -1.69. The molecule has 0 saturated heterocycles. The predicted octanol–water partition coefficient (Wildman–Crippen LogP) is 0.932. The summed E-state index contributed by atoms with van der Waals surface area (Å²) in [4.78, 5) is 23.2. The van der Waals surface area contributed by atoms with E-state index in [0.29, 0.717) is 10.3 Å². The first-order valence-electron chi connectivity index (χ1n) is 6.42. The Morgan fingerprint density at radius 1 is 1.18 bits per heavy atom. The summed E-state index contributed by atoms with van der Waals surface area (Å²) >= 11 is 0. The molecule has 0 saturated carbocycles. The molecule has 0 atom stereocenters. The zero-order chi connectivity index (χ0) is 15.9. The maximum atomic E-state index is 13.3. The third-order valence-corrected chi connectivity index (χ3v) is 2.81. The number of aromatic nitrogens is 1. The van der Waals surface area contributed by atoms with E-state index >= 15 is 0 Å². The molecule has 22 heavy (non-hydrogen) atoms. The van der Waals surface area contributed by atoms with Crippen LogP contribution in [0, 0.1) is 11.0 Å². The average molecular weight is 304 g/mol. The summed E-state index contributed by atoms with van der Waals surface area (Å²) in [7, 11) is 0. The molecule has 0 aliphatic rings. The van der Waals surface area contributed by atoms with Crippen LogP contribution >= 0.6 is 0 Å². The van der Waals surface area contributed by atoms with Crippen molar-refractivity contribution in [2.75, 3.05) is 6.61 Å². The van der Waals surface area contributed by atoms with Crippen LogP contribution in [0.15, 0.2) is 48.8 Å². The van der Waals surface area contributed by atoms with Gasteiger partial charge < -0.3 is 15.3 Å². The van der Waals surface area contributed by atoms with E-state index in [2.05, 4.69) is 5.32 Å². The summed E-state index contributed by atoms with van der Waals surface area (Å²) < 4.78 is 18.7. The van der Waals surface area contributed by atoms with E-state index in [9.17, 15) is 19.2 Å². The van der Waals surface area contributed by atoms with Gasteiger partial charge in [-0.15, -0.1) is 0 Å². The molecule has 1 N–H and O–H groups in total. The zero-order valence-electron chi connectivity index (χ0n) is 11.5. The zero-order valence-corrected chi connectivity index (χ0v) is 11.5. The second kappa shape index (κ2) is 7.16. The molecule has 0 bridgehead atoms. The number of hydrogen-bond acceptors (Lipinski definition) is 4. The Balaban J connectivity index is 1.79. The van der Waals surface area contributed by atoms with Gasteiger partial charge >= 0.3 is 5.97 Å². The van der Waals surface area contributed by atoms with Gasteiger partial charge in [0, 0.05) is 24.2 Å². The topological polar surface area (TPSA) is 82.3 Å². The lowest BCUT2D eigenvalue weighted by Gasteiger charge is -2.07. The molecule has 2 aromatic rings. The number of esters is 1. The molecular weight excluding hydrogens is 291 g/mol. The van der Waals surface area contributed by atoms with Crippen LogP contribution in [0.5, 0.6) is 0 Å². The minimum atomic E-state index is -0.721. The van der Waals surface area contributed by atoms with Crippen LogP contribution < -0.4 is 10.0 Å². The highest BCUT2D eigenvalue weighted by Crippen LogP contribution is 2.05. The number of nitrogens with zero attached hydrogens (tertiary/aromatic N) is 1. The van der Waals surface area contributed by atoms with E-state index in [-0.39, 0.29) is 12.1 Å². The van der Waals surface area contributed by atoms with E-state index in [1.54, 1.807) is 18.2 Å². The molecule has 1 aromatic heterocycles. The van der Waals surface area contributed by atoms with Crippen LogP contribution in [0.3, 0.4) is 0 Å². The number of carbonyl (C=O) groups excluding carboxylic acids is 2. The first-order valence-corrected chi connectivity index (χ1v) is 6.42. The van der Waals surface area contributed by atoms with E-state index < -0.39 is 24.3 Å². The number of ether oxygens (including phenoxy) is 1. The van der Waals surface area contributed by atoms with Gasteiger partial charge in [0.15, 0.2) is 19.0 Å². The monoisotopic (exact) mass is 304 g/mol. The van der Waals surface area contributed by atoms with E-state index in [1.807, 2.05) is 0 Å². The van der Waals surface area contributed by atoms with Gasteiger partial charge in [-0.05, 0) is 6.07 Å². The minimum absolute atomic E-state index is 0.00454. The van der Waals surface area contributed by atoms with Crippen molar-refractivity contribution in [1.82, 2.24) is 5.32 Å². The lowest BCUT2D eigenvalue weighted by atomic mass is 10.2. The third-order valence-electron chi connectivity index (χ3n) is 2.81. The van der Waals surface area contributed by atoms with Crippen LogP contribution in [-0.4, -0.2) is 18.5 Å². The molecule has 0 radical (unpaired) electrons. The molecule has 2 rings (SSSR count). The van der Waals surface area contributed by atoms with Crippen LogP contribution in [-0.2, 0) is 16.1 Å². The number of halogens is 1. The highest BCUT2D eigenvalue weighted by atomic mass is 19.1. The third kappa shape index (κ3) is 4.27. The molecule has 0 aliphatic carbocycles. The number of hydrogen-bond donors (Lipinski definition) is 1. The molecule has 0 aliphatic heterocycles. The second-order valence-electron chi connectivity index (χ2n) is 4.39. The quantitative estimate of drug-likeness (QED) is 0.506. The number of carbonyl (C=O) groups is 2. The van der Waals surface area contributed by atoms with Crippen molar-refractivity contribution in [2.45, 2.75) is 6.54 Å².